The van der Waals surface area contributed by atoms with Crippen molar-refractivity contribution in [2.24, 2.45) is 0 Å². The average molecular weight is 269 g/mol. The van der Waals surface area contributed by atoms with Crippen LogP contribution in [0.3, 0.4) is 0 Å². The first kappa shape index (κ1) is 27.8. The topological polar surface area (TPSA) is 0 Å². The van der Waals surface area contributed by atoms with Crippen molar-refractivity contribution in [3.05, 3.63) is 0 Å². The predicted octanol–water partition coefficient (Wildman–Crippen LogP) is -0.163. The second kappa shape index (κ2) is 16.6. The van der Waals surface area contributed by atoms with Gasteiger partial charge in [-0.1, -0.05) is 0 Å². The van der Waals surface area contributed by atoms with Gasteiger partial charge >= 0.3 is 37.7 Å². The van der Waals surface area contributed by atoms with Gasteiger partial charge in [-0.15, -0.1) is 0 Å². The van der Waals surface area contributed by atoms with Gasteiger partial charge < -0.3 is 2.85 Å². The SMILES string of the molecule is [Ag].[Ca+2].[Cu].[Fe].[H-].[H-]. The van der Waals surface area contributed by atoms with Crippen LogP contribution >= 0.6 is 0 Å². The molecule has 34 valence electrons. The Balaban J connectivity index is 0. The third-order valence-corrected chi connectivity index (χ3v) is 0. The fraction of sp³-hybridized carbons (Fsp3) is 0. The van der Waals surface area contributed by atoms with Crippen LogP contribution in [-0.4, -0.2) is 37.7 Å². The molecule has 0 aliphatic rings. The minimum absolute atomic E-state index is 0. The van der Waals surface area contributed by atoms with Crippen LogP contribution in [0.15, 0.2) is 0 Å². The van der Waals surface area contributed by atoms with Gasteiger partial charge in [0.1, 0.15) is 0 Å². The first-order valence-corrected chi connectivity index (χ1v) is 0. The molecule has 0 aliphatic carbocycles. The van der Waals surface area contributed by atoms with E-state index >= 15 is 0 Å². The Morgan fingerprint density at radius 2 is 1.25 bits per heavy atom. The fourth-order valence-corrected chi connectivity index (χ4v) is 0. The maximum atomic E-state index is 0. The Bertz CT molecular complexity index is 13.5. The van der Waals surface area contributed by atoms with Crippen molar-refractivity contribution in [3.8, 4) is 0 Å². The van der Waals surface area contributed by atoms with Crippen LogP contribution in [0.5, 0.6) is 0 Å². The standard InChI is InChI=1S/Ag.Ca.Cu.Fe.2H/q;+2;;;2*-1. The van der Waals surface area contributed by atoms with E-state index in [9.17, 15) is 0 Å². The molecule has 0 bridgehead atoms. The Hall–Kier alpha value is 3.04. The summed E-state index contributed by atoms with van der Waals surface area (Å²) in [6, 6.07) is 0. The van der Waals surface area contributed by atoms with Crippen molar-refractivity contribution >= 4 is 37.7 Å². The van der Waals surface area contributed by atoms with E-state index in [-0.39, 0.29) is 97.1 Å². The molecule has 0 nitrogen and oxygen atoms in total. The monoisotopic (exact) mass is 268 g/mol. The van der Waals surface area contributed by atoms with Gasteiger partial charge in [0.15, 0.2) is 0 Å². The van der Waals surface area contributed by atoms with Gasteiger partial charge in [0, 0.05) is 56.5 Å². The predicted molar refractivity (Wildman–Crippen MR) is 7.98 cm³/mol. The van der Waals surface area contributed by atoms with Crippen molar-refractivity contribution in [1.82, 2.24) is 0 Å². The Morgan fingerprint density at radius 3 is 1.25 bits per heavy atom. The van der Waals surface area contributed by atoms with E-state index in [1.54, 1.807) is 0 Å². The van der Waals surface area contributed by atoms with Crippen LogP contribution in [0, 0.1) is 0 Å². The molecule has 0 unspecified atom stereocenters. The van der Waals surface area contributed by atoms with Crippen molar-refractivity contribution in [3.63, 3.8) is 0 Å². The molecule has 0 aromatic rings. The van der Waals surface area contributed by atoms with Crippen molar-refractivity contribution in [1.29, 1.82) is 0 Å². The van der Waals surface area contributed by atoms with Gasteiger partial charge in [0.2, 0.25) is 0 Å². The van der Waals surface area contributed by atoms with E-state index in [1.165, 1.54) is 0 Å². The van der Waals surface area contributed by atoms with Crippen LogP contribution < -0.4 is 0 Å². The van der Waals surface area contributed by atoms with Crippen LogP contribution in [0.25, 0.3) is 0 Å². The zero-order chi connectivity index (χ0) is 0. The van der Waals surface area contributed by atoms with Crippen LogP contribution in [-0.2, 0) is 56.5 Å². The largest absolute Gasteiger partial charge is 2.00 e. The molecule has 4 heteroatoms. The van der Waals surface area contributed by atoms with E-state index in [4.69, 9.17) is 0 Å². The number of rotatable bonds is 0. The summed E-state index contributed by atoms with van der Waals surface area (Å²) in [5.41, 5.74) is 0. The van der Waals surface area contributed by atoms with E-state index < -0.39 is 0 Å². The fourth-order valence-electron chi connectivity index (χ4n) is 0. The molecule has 0 N–H and O–H groups in total. The third-order valence-electron chi connectivity index (χ3n) is 0. The molecule has 0 saturated heterocycles. The summed E-state index contributed by atoms with van der Waals surface area (Å²) in [6.07, 6.45) is 0. The molecule has 2 radical (unpaired) electrons. The minimum Gasteiger partial charge on any atom is -1.00 e. The Morgan fingerprint density at radius 1 is 1.25 bits per heavy atom. The first-order valence-electron chi connectivity index (χ1n) is 0. The molecule has 0 rings (SSSR count). The van der Waals surface area contributed by atoms with Gasteiger partial charge in [-0.2, -0.15) is 0 Å². The van der Waals surface area contributed by atoms with Gasteiger partial charge in [-0.05, 0) is 0 Å². The Labute approximate surface area is 95.3 Å². The summed E-state index contributed by atoms with van der Waals surface area (Å²) in [6.45, 7) is 0. The molecule has 0 heterocycles. The number of hydrogen-bond acceptors (Lipinski definition) is 0. The molecule has 0 aliphatic heterocycles. The molecule has 0 spiro atoms. The molecule has 0 fully saturated rings. The van der Waals surface area contributed by atoms with E-state index in [0.717, 1.165) is 0 Å². The summed E-state index contributed by atoms with van der Waals surface area (Å²) >= 11 is 0. The molecule has 0 aromatic carbocycles. The summed E-state index contributed by atoms with van der Waals surface area (Å²) in [5.74, 6) is 0. The molecule has 0 aromatic heterocycles. The maximum absolute atomic E-state index is 0. The van der Waals surface area contributed by atoms with E-state index in [0.29, 0.717) is 0 Å². The number of hydrogen-bond donors (Lipinski definition) is 0. The zero-order valence-electron chi connectivity index (χ0n) is 3.66. The minimum atomic E-state index is 0. The second-order valence-electron chi connectivity index (χ2n) is 0. The van der Waals surface area contributed by atoms with Crippen LogP contribution in [0.2, 0.25) is 0 Å². The molecular weight excluding hydrogens is 267 g/mol. The third kappa shape index (κ3) is 8.90. The smallest absolute Gasteiger partial charge is 1.00 e. The molecule has 0 atom stereocenters. The van der Waals surface area contributed by atoms with Gasteiger partial charge in [0.25, 0.3) is 0 Å². The molecule has 4 heavy (non-hydrogen) atoms. The van der Waals surface area contributed by atoms with Crippen molar-refractivity contribution in [2.75, 3.05) is 0 Å². The molecular formula is H2AgCaCuFe. The van der Waals surface area contributed by atoms with Crippen molar-refractivity contribution in [2.45, 2.75) is 0 Å². The Kier molecular flexibility index (Phi) is 115. The van der Waals surface area contributed by atoms with E-state index in [2.05, 4.69) is 0 Å². The maximum Gasteiger partial charge on any atom is 2.00 e. The van der Waals surface area contributed by atoms with E-state index in [1.807, 2.05) is 0 Å². The normalized spacial score (nSPS) is 0. The summed E-state index contributed by atoms with van der Waals surface area (Å²) in [7, 11) is 0. The molecule has 0 amide bonds. The quantitative estimate of drug-likeness (QED) is 0.536. The summed E-state index contributed by atoms with van der Waals surface area (Å²) < 4.78 is 0. The average Bonchev–Trinajstić information content (AvgIpc) is 0. The van der Waals surface area contributed by atoms with Crippen LogP contribution in [0.1, 0.15) is 2.85 Å². The van der Waals surface area contributed by atoms with Gasteiger partial charge in [-0.3, -0.25) is 0 Å². The summed E-state index contributed by atoms with van der Waals surface area (Å²) in [4.78, 5) is 0. The van der Waals surface area contributed by atoms with Gasteiger partial charge in [0.05, 0.1) is 0 Å². The van der Waals surface area contributed by atoms with Gasteiger partial charge in [-0.25, -0.2) is 0 Å². The second-order valence-corrected chi connectivity index (χ2v) is 0. The molecule has 0 saturated carbocycles. The zero-order valence-corrected chi connectivity index (χ0v) is 7.40. The van der Waals surface area contributed by atoms with Crippen LogP contribution in [0.4, 0.5) is 0 Å². The first-order chi connectivity index (χ1) is 0. The summed E-state index contributed by atoms with van der Waals surface area (Å²) in [5, 5.41) is 0. The van der Waals surface area contributed by atoms with Crippen molar-refractivity contribution < 1.29 is 59.4 Å².